The fraction of sp³-hybridized carbons (Fsp3) is 0.188. The molecular formula is C16H15N3O3S. The maximum absolute atomic E-state index is 12.7. The summed E-state index contributed by atoms with van der Waals surface area (Å²) in [4.78, 5) is 17.9. The minimum absolute atomic E-state index is 0.162. The van der Waals surface area contributed by atoms with Gasteiger partial charge in [-0.3, -0.25) is 4.79 Å². The SMILES string of the molecule is COCCOc1nc(-c2cccs2)n(C(=O)c2ccccc2)n1. The maximum Gasteiger partial charge on any atom is 0.336 e. The van der Waals surface area contributed by atoms with Gasteiger partial charge in [-0.1, -0.05) is 24.3 Å². The van der Waals surface area contributed by atoms with Gasteiger partial charge in [0.2, 0.25) is 0 Å². The lowest BCUT2D eigenvalue weighted by Gasteiger charge is -2.02. The molecule has 0 bridgehead atoms. The standard InChI is InChI=1S/C16H15N3O3S/c1-21-9-10-22-16-17-14(13-8-5-11-23-13)19(18-16)15(20)12-6-3-2-4-7-12/h2-8,11H,9-10H2,1H3. The first-order chi connectivity index (χ1) is 11.3. The molecule has 3 rings (SSSR count). The zero-order chi connectivity index (χ0) is 16.1. The van der Waals surface area contributed by atoms with Gasteiger partial charge in [0.15, 0.2) is 5.82 Å². The Bertz CT molecular complexity index is 769. The van der Waals surface area contributed by atoms with E-state index >= 15 is 0 Å². The lowest BCUT2D eigenvalue weighted by atomic mass is 10.2. The molecule has 0 unspecified atom stereocenters. The van der Waals surface area contributed by atoms with E-state index in [4.69, 9.17) is 9.47 Å². The molecule has 2 aromatic heterocycles. The van der Waals surface area contributed by atoms with Crippen LogP contribution >= 0.6 is 11.3 Å². The highest BCUT2D eigenvalue weighted by molar-refractivity contribution is 7.13. The van der Waals surface area contributed by atoms with Gasteiger partial charge in [-0.15, -0.1) is 16.4 Å². The number of rotatable bonds is 6. The van der Waals surface area contributed by atoms with Crippen LogP contribution in [0.25, 0.3) is 10.7 Å². The first kappa shape index (κ1) is 15.4. The van der Waals surface area contributed by atoms with Gasteiger partial charge in [-0.25, -0.2) is 0 Å². The molecule has 118 valence electrons. The average molecular weight is 329 g/mol. The number of carbonyl (C=O) groups excluding carboxylic acids is 1. The highest BCUT2D eigenvalue weighted by Crippen LogP contribution is 2.25. The summed E-state index contributed by atoms with van der Waals surface area (Å²) in [7, 11) is 1.59. The van der Waals surface area contributed by atoms with E-state index in [1.807, 2.05) is 35.7 Å². The minimum Gasteiger partial charge on any atom is -0.460 e. The van der Waals surface area contributed by atoms with Crippen molar-refractivity contribution in [2.45, 2.75) is 0 Å². The molecule has 0 aliphatic carbocycles. The third-order valence-electron chi connectivity index (χ3n) is 3.06. The second-order valence-electron chi connectivity index (χ2n) is 4.62. The molecule has 0 aliphatic rings. The largest absolute Gasteiger partial charge is 0.460 e. The van der Waals surface area contributed by atoms with E-state index < -0.39 is 0 Å². The van der Waals surface area contributed by atoms with Crippen molar-refractivity contribution in [3.8, 4) is 16.7 Å². The molecule has 0 fully saturated rings. The molecule has 0 radical (unpaired) electrons. The smallest absolute Gasteiger partial charge is 0.336 e. The average Bonchev–Trinajstić information content (AvgIpc) is 3.24. The summed E-state index contributed by atoms with van der Waals surface area (Å²) < 4.78 is 11.7. The van der Waals surface area contributed by atoms with E-state index in [0.717, 1.165) is 4.88 Å². The second kappa shape index (κ2) is 7.17. The molecule has 1 aromatic carbocycles. The van der Waals surface area contributed by atoms with E-state index in [-0.39, 0.29) is 11.9 Å². The molecule has 0 saturated heterocycles. The molecule has 0 spiro atoms. The number of aromatic nitrogens is 3. The number of hydrogen-bond donors (Lipinski definition) is 0. The van der Waals surface area contributed by atoms with Crippen molar-refractivity contribution in [1.29, 1.82) is 0 Å². The summed E-state index contributed by atoms with van der Waals surface area (Å²) >= 11 is 1.49. The summed E-state index contributed by atoms with van der Waals surface area (Å²) in [6, 6.07) is 12.9. The van der Waals surface area contributed by atoms with Crippen LogP contribution in [0.3, 0.4) is 0 Å². The third-order valence-corrected chi connectivity index (χ3v) is 3.93. The highest BCUT2D eigenvalue weighted by Gasteiger charge is 2.20. The quantitative estimate of drug-likeness (QED) is 0.651. The van der Waals surface area contributed by atoms with E-state index in [2.05, 4.69) is 10.1 Å². The van der Waals surface area contributed by atoms with Gasteiger partial charge in [-0.05, 0) is 23.6 Å². The Morgan fingerprint density at radius 1 is 1.17 bits per heavy atom. The summed E-state index contributed by atoms with van der Waals surface area (Å²) in [5.41, 5.74) is 0.540. The molecule has 23 heavy (non-hydrogen) atoms. The van der Waals surface area contributed by atoms with Gasteiger partial charge in [0.1, 0.15) is 6.61 Å². The molecule has 0 N–H and O–H groups in total. The number of benzene rings is 1. The second-order valence-corrected chi connectivity index (χ2v) is 5.57. The lowest BCUT2D eigenvalue weighted by molar-refractivity contribution is 0.0943. The van der Waals surface area contributed by atoms with E-state index in [1.165, 1.54) is 16.0 Å². The van der Waals surface area contributed by atoms with Gasteiger partial charge in [0.25, 0.3) is 5.91 Å². The molecule has 2 heterocycles. The summed E-state index contributed by atoms with van der Waals surface area (Å²) in [5.74, 6) is 0.226. The molecule has 0 atom stereocenters. The molecule has 0 aliphatic heterocycles. The fourth-order valence-corrected chi connectivity index (χ4v) is 2.68. The van der Waals surface area contributed by atoms with Crippen molar-refractivity contribution in [2.75, 3.05) is 20.3 Å². The summed E-state index contributed by atoms with van der Waals surface area (Å²) in [6.45, 7) is 0.749. The van der Waals surface area contributed by atoms with Crippen LogP contribution < -0.4 is 4.74 Å². The topological polar surface area (TPSA) is 66.2 Å². The lowest BCUT2D eigenvalue weighted by Crippen LogP contribution is -2.15. The van der Waals surface area contributed by atoms with Crippen molar-refractivity contribution in [2.24, 2.45) is 0 Å². The first-order valence-corrected chi connectivity index (χ1v) is 7.90. The first-order valence-electron chi connectivity index (χ1n) is 7.02. The minimum atomic E-state index is -0.247. The zero-order valence-corrected chi connectivity index (χ0v) is 13.3. The Balaban J connectivity index is 1.95. The van der Waals surface area contributed by atoms with Crippen LogP contribution in [0, 0.1) is 0 Å². The van der Waals surface area contributed by atoms with Crippen LogP contribution in [0.4, 0.5) is 0 Å². The Labute approximate surface area is 137 Å². The number of nitrogens with zero attached hydrogens (tertiary/aromatic N) is 3. The Hall–Kier alpha value is -2.51. The van der Waals surface area contributed by atoms with Crippen LogP contribution in [0.5, 0.6) is 6.01 Å². The molecule has 0 amide bonds. The van der Waals surface area contributed by atoms with Crippen LogP contribution in [0.15, 0.2) is 47.8 Å². The predicted octanol–water partition coefficient (Wildman–Crippen LogP) is 2.72. The van der Waals surface area contributed by atoms with Gasteiger partial charge in [0.05, 0.1) is 11.5 Å². The van der Waals surface area contributed by atoms with Crippen LogP contribution in [-0.2, 0) is 4.74 Å². The third kappa shape index (κ3) is 3.46. The number of ether oxygens (including phenoxy) is 2. The number of hydrogen-bond acceptors (Lipinski definition) is 6. The molecule has 7 heteroatoms. The molecule has 0 saturated carbocycles. The van der Waals surface area contributed by atoms with Crippen molar-refractivity contribution in [3.05, 3.63) is 53.4 Å². The van der Waals surface area contributed by atoms with Crippen molar-refractivity contribution in [3.63, 3.8) is 0 Å². The van der Waals surface area contributed by atoms with Gasteiger partial charge >= 0.3 is 6.01 Å². The van der Waals surface area contributed by atoms with Gasteiger partial charge in [-0.2, -0.15) is 9.67 Å². The van der Waals surface area contributed by atoms with Crippen LogP contribution in [-0.4, -0.2) is 41.0 Å². The summed E-state index contributed by atoms with van der Waals surface area (Å²) in [5, 5.41) is 6.12. The summed E-state index contributed by atoms with van der Waals surface area (Å²) in [6.07, 6.45) is 0. The van der Waals surface area contributed by atoms with Crippen molar-refractivity contribution >= 4 is 17.2 Å². The van der Waals surface area contributed by atoms with E-state index in [0.29, 0.717) is 24.6 Å². The fourth-order valence-electron chi connectivity index (χ4n) is 1.98. The van der Waals surface area contributed by atoms with Crippen molar-refractivity contribution in [1.82, 2.24) is 14.8 Å². The molecule has 3 aromatic rings. The Kier molecular flexibility index (Phi) is 4.80. The monoisotopic (exact) mass is 329 g/mol. The number of thiophene rings is 1. The predicted molar refractivity (Wildman–Crippen MR) is 86.9 cm³/mol. The van der Waals surface area contributed by atoms with Crippen LogP contribution in [0.2, 0.25) is 0 Å². The van der Waals surface area contributed by atoms with Gasteiger partial charge < -0.3 is 9.47 Å². The van der Waals surface area contributed by atoms with Gasteiger partial charge in [0, 0.05) is 12.7 Å². The highest BCUT2D eigenvalue weighted by atomic mass is 32.1. The van der Waals surface area contributed by atoms with Crippen LogP contribution in [0.1, 0.15) is 10.4 Å². The normalized spacial score (nSPS) is 10.7. The molecule has 6 nitrogen and oxygen atoms in total. The maximum atomic E-state index is 12.7. The van der Waals surface area contributed by atoms with E-state index in [9.17, 15) is 4.79 Å². The van der Waals surface area contributed by atoms with Crippen molar-refractivity contribution < 1.29 is 14.3 Å². The number of carbonyl (C=O) groups is 1. The van der Waals surface area contributed by atoms with E-state index in [1.54, 1.807) is 19.2 Å². The Morgan fingerprint density at radius 3 is 2.70 bits per heavy atom. The zero-order valence-electron chi connectivity index (χ0n) is 12.5. The number of methoxy groups -OCH3 is 1. The Morgan fingerprint density at radius 2 is 2.00 bits per heavy atom. The molecular weight excluding hydrogens is 314 g/mol.